The standard InChI is InChI=1S/C19H25N5O/c25-17(22-19(9-5-10-19)18-20-14-21-23-18)16-8-4-11-24(13-16)12-15-6-2-1-3-7-15/h1-3,6-7,14,16H,4-5,8-13H2,(H,22,25)(H,20,21,23)/t16-/m0/s1. The summed E-state index contributed by atoms with van der Waals surface area (Å²) < 4.78 is 0. The first-order valence-corrected chi connectivity index (χ1v) is 9.19. The molecule has 1 aromatic heterocycles. The number of carbonyl (C=O) groups excluding carboxylic acids is 1. The molecule has 0 spiro atoms. The van der Waals surface area contributed by atoms with Crippen molar-refractivity contribution in [2.75, 3.05) is 13.1 Å². The highest BCUT2D eigenvalue weighted by Crippen LogP contribution is 2.39. The van der Waals surface area contributed by atoms with E-state index < -0.39 is 0 Å². The Bertz CT molecular complexity index is 696. The maximum atomic E-state index is 12.9. The lowest BCUT2D eigenvalue weighted by molar-refractivity contribution is -0.130. The summed E-state index contributed by atoms with van der Waals surface area (Å²) in [6.07, 6.45) is 6.54. The topological polar surface area (TPSA) is 73.9 Å². The van der Waals surface area contributed by atoms with Crippen LogP contribution in [-0.4, -0.2) is 39.1 Å². The van der Waals surface area contributed by atoms with Crippen molar-refractivity contribution in [2.45, 2.75) is 44.2 Å². The van der Waals surface area contributed by atoms with Gasteiger partial charge in [-0.05, 0) is 44.2 Å². The van der Waals surface area contributed by atoms with E-state index in [1.165, 1.54) is 11.9 Å². The summed E-state index contributed by atoms with van der Waals surface area (Å²) in [5, 5.41) is 10.2. The lowest BCUT2D eigenvalue weighted by Crippen LogP contribution is -2.55. The van der Waals surface area contributed by atoms with Crippen LogP contribution >= 0.6 is 0 Å². The van der Waals surface area contributed by atoms with Crippen LogP contribution in [0.1, 0.15) is 43.5 Å². The van der Waals surface area contributed by atoms with Crippen LogP contribution in [0.2, 0.25) is 0 Å². The third-order valence-corrected chi connectivity index (χ3v) is 5.56. The van der Waals surface area contributed by atoms with Crippen LogP contribution in [-0.2, 0) is 16.9 Å². The molecular weight excluding hydrogens is 314 g/mol. The van der Waals surface area contributed by atoms with Crippen LogP contribution in [0.15, 0.2) is 36.7 Å². The molecule has 1 saturated heterocycles. The van der Waals surface area contributed by atoms with E-state index in [1.807, 2.05) is 6.07 Å². The molecule has 1 aliphatic heterocycles. The van der Waals surface area contributed by atoms with Crippen LogP contribution in [0.5, 0.6) is 0 Å². The van der Waals surface area contributed by atoms with Gasteiger partial charge in [0.2, 0.25) is 5.91 Å². The highest BCUT2D eigenvalue weighted by Gasteiger charge is 2.44. The molecule has 2 N–H and O–H groups in total. The van der Waals surface area contributed by atoms with E-state index in [4.69, 9.17) is 0 Å². The quantitative estimate of drug-likeness (QED) is 0.876. The van der Waals surface area contributed by atoms with Crippen molar-refractivity contribution >= 4 is 5.91 Å². The van der Waals surface area contributed by atoms with Gasteiger partial charge in [-0.3, -0.25) is 14.8 Å². The van der Waals surface area contributed by atoms with Gasteiger partial charge in [-0.2, -0.15) is 5.10 Å². The van der Waals surface area contributed by atoms with Crippen molar-refractivity contribution in [3.8, 4) is 0 Å². The number of likely N-dealkylation sites (tertiary alicyclic amines) is 1. The monoisotopic (exact) mass is 339 g/mol. The van der Waals surface area contributed by atoms with Crippen LogP contribution in [0, 0.1) is 5.92 Å². The van der Waals surface area contributed by atoms with Gasteiger partial charge in [-0.1, -0.05) is 30.3 Å². The molecule has 0 bridgehead atoms. The SMILES string of the molecule is O=C(NC1(c2ncn[nH]2)CCC1)[C@H]1CCCN(Cc2ccccc2)C1. The van der Waals surface area contributed by atoms with Crippen molar-refractivity contribution in [3.05, 3.63) is 48.0 Å². The molecule has 2 aromatic rings. The Labute approximate surface area is 148 Å². The molecule has 1 atom stereocenters. The summed E-state index contributed by atoms with van der Waals surface area (Å²) >= 11 is 0. The second-order valence-electron chi connectivity index (χ2n) is 7.32. The molecule has 2 fully saturated rings. The zero-order chi connectivity index (χ0) is 17.1. The van der Waals surface area contributed by atoms with E-state index >= 15 is 0 Å². The second-order valence-corrected chi connectivity index (χ2v) is 7.32. The van der Waals surface area contributed by atoms with Crippen LogP contribution in [0.4, 0.5) is 0 Å². The molecule has 25 heavy (non-hydrogen) atoms. The summed E-state index contributed by atoms with van der Waals surface area (Å²) in [5.41, 5.74) is 0.982. The van der Waals surface area contributed by atoms with Gasteiger partial charge in [0, 0.05) is 13.1 Å². The molecule has 1 saturated carbocycles. The molecule has 6 nitrogen and oxygen atoms in total. The first-order chi connectivity index (χ1) is 12.3. The number of hydrogen-bond donors (Lipinski definition) is 2. The van der Waals surface area contributed by atoms with Crippen molar-refractivity contribution in [3.63, 3.8) is 0 Å². The van der Waals surface area contributed by atoms with Gasteiger partial charge in [0.25, 0.3) is 0 Å². The van der Waals surface area contributed by atoms with E-state index in [1.54, 1.807) is 0 Å². The molecule has 1 aliphatic carbocycles. The molecule has 4 rings (SSSR count). The average molecular weight is 339 g/mol. The number of benzene rings is 1. The lowest BCUT2D eigenvalue weighted by atomic mass is 9.75. The van der Waals surface area contributed by atoms with Gasteiger partial charge in [0.15, 0.2) is 0 Å². The molecule has 2 aliphatic rings. The van der Waals surface area contributed by atoms with Gasteiger partial charge in [-0.15, -0.1) is 0 Å². The van der Waals surface area contributed by atoms with Gasteiger partial charge >= 0.3 is 0 Å². The van der Waals surface area contributed by atoms with Gasteiger partial charge in [0.1, 0.15) is 12.2 Å². The Kier molecular flexibility index (Phi) is 4.53. The van der Waals surface area contributed by atoms with Crippen LogP contribution < -0.4 is 5.32 Å². The fraction of sp³-hybridized carbons (Fsp3) is 0.526. The number of carbonyl (C=O) groups is 1. The summed E-state index contributed by atoms with van der Waals surface area (Å²) in [6.45, 7) is 2.80. The minimum atomic E-state index is -0.324. The van der Waals surface area contributed by atoms with E-state index in [0.29, 0.717) is 0 Å². The van der Waals surface area contributed by atoms with Crippen molar-refractivity contribution in [1.29, 1.82) is 0 Å². The van der Waals surface area contributed by atoms with Crippen molar-refractivity contribution in [1.82, 2.24) is 25.4 Å². The number of aromatic amines is 1. The molecule has 0 unspecified atom stereocenters. The number of hydrogen-bond acceptors (Lipinski definition) is 4. The fourth-order valence-corrected chi connectivity index (χ4v) is 3.98. The highest BCUT2D eigenvalue weighted by atomic mass is 16.2. The lowest BCUT2D eigenvalue weighted by Gasteiger charge is -2.42. The number of amides is 1. The largest absolute Gasteiger partial charge is 0.343 e. The molecule has 1 amide bonds. The van der Waals surface area contributed by atoms with E-state index in [2.05, 4.69) is 49.7 Å². The van der Waals surface area contributed by atoms with E-state index in [0.717, 1.165) is 57.6 Å². The van der Waals surface area contributed by atoms with E-state index in [9.17, 15) is 4.79 Å². The Morgan fingerprint density at radius 1 is 1.28 bits per heavy atom. The predicted molar refractivity (Wildman–Crippen MR) is 94.5 cm³/mol. The normalized spacial score (nSPS) is 23.0. The number of nitrogens with zero attached hydrogens (tertiary/aromatic N) is 3. The van der Waals surface area contributed by atoms with Crippen molar-refractivity contribution in [2.24, 2.45) is 5.92 Å². The number of rotatable bonds is 5. The minimum Gasteiger partial charge on any atom is -0.343 e. The fourth-order valence-electron chi connectivity index (χ4n) is 3.98. The average Bonchev–Trinajstić information content (AvgIpc) is 3.14. The summed E-state index contributed by atoms with van der Waals surface area (Å²) in [5.74, 6) is 1.01. The Hall–Kier alpha value is -2.21. The Morgan fingerprint density at radius 2 is 2.12 bits per heavy atom. The maximum absolute atomic E-state index is 12.9. The summed E-state index contributed by atoms with van der Waals surface area (Å²) in [6, 6.07) is 10.5. The highest BCUT2D eigenvalue weighted by molar-refractivity contribution is 5.80. The minimum absolute atomic E-state index is 0.0536. The third kappa shape index (κ3) is 3.44. The van der Waals surface area contributed by atoms with Gasteiger partial charge in [0.05, 0.1) is 11.5 Å². The smallest absolute Gasteiger partial charge is 0.225 e. The summed E-state index contributed by atoms with van der Waals surface area (Å²) in [4.78, 5) is 19.6. The Balaban J connectivity index is 1.38. The third-order valence-electron chi connectivity index (χ3n) is 5.56. The van der Waals surface area contributed by atoms with Crippen LogP contribution in [0.3, 0.4) is 0 Å². The number of piperidine rings is 1. The Morgan fingerprint density at radius 3 is 2.80 bits per heavy atom. The maximum Gasteiger partial charge on any atom is 0.225 e. The second kappa shape index (κ2) is 6.96. The summed E-state index contributed by atoms with van der Waals surface area (Å²) in [7, 11) is 0. The molecule has 2 heterocycles. The van der Waals surface area contributed by atoms with Crippen molar-refractivity contribution < 1.29 is 4.79 Å². The van der Waals surface area contributed by atoms with Gasteiger partial charge < -0.3 is 5.32 Å². The molecule has 132 valence electrons. The number of aromatic nitrogens is 3. The zero-order valence-corrected chi connectivity index (χ0v) is 14.4. The molecule has 6 heteroatoms. The number of H-pyrrole nitrogens is 1. The van der Waals surface area contributed by atoms with Crippen LogP contribution in [0.25, 0.3) is 0 Å². The first-order valence-electron chi connectivity index (χ1n) is 9.19. The molecule has 0 radical (unpaired) electrons. The molecular formula is C19H25N5O. The zero-order valence-electron chi connectivity index (χ0n) is 14.4. The first kappa shape index (κ1) is 16.3. The predicted octanol–water partition coefficient (Wildman–Crippen LogP) is 2.21. The van der Waals surface area contributed by atoms with Gasteiger partial charge in [-0.25, -0.2) is 4.98 Å². The number of nitrogens with one attached hydrogen (secondary N) is 2. The van der Waals surface area contributed by atoms with E-state index in [-0.39, 0.29) is 17.4 Å². The molecule has 1 aromatic carbocycles.